The highest BCUT2D eigenvalue weighted by Gasteiger charge is 2.38. The van der Waals surface area contributed by atoms with Crippen molar-refractivity contribution in [2.75, 3.05) is 32.9 Å². The molecule has 38 heavy (non-hydrogen) atoms. The maximum Gasteiger partial charge on any atom is 0.196 e. The van der Waals surface area contributed by atoms with Crippen molar-refractivity contribution < 1.29 is 28.1 Å². The van der Waals surface area contributed by atoms with Crippen LogP contribution in [0.2, 0.25) is 0 Å². The van der Waals surface area contributed by atoms with Crippen molar-refractivity contribution >= 4 is 39.6 Å². The molecule has 1 aromatic carbocycles. The number of fused-ring (bicyclic) bond motifs is 2. The van der Waals surface area contributed by atoms with Gasteiger partial charge in [-0.3, -0.25) is 5.43 Å². The maximum atomic E-state index is 6.25. The highest BCUT2D eigenvalue weighted by Crippen LogP contribution is 2.40. The second-order valence-corrected chi connectivity index (χ2v) is 11.1. The van der Waals surface area contributed by atoms with E-state index in [2.05, 4.69) is 16.5 Å². The summed E-state index contributed by atoms with van der Waals surface area (Å²) in [6.45, 7) is 1.68. The van der Waals surface area contributed by atoms with Gasteiger partial charge in [0.05, 0.1) is 37.6 Å². The third-order valence-electron chi connectivity index (χ3n) is 6.86. The SMILES string of the molecule is COc1cc(OCc2csc(C3=CCC4(CC3)OCCO4)n2)c2cc(-c3cn4c(n3)SC(OC)N4)oc2c1. The van der Waals surface area contributed by atoms with Gasteiger partial charge in [0.2, 0.25) is 0 Å². The van der Waals surface area contributed by atoms with Crippen LogP contribution in [0.1, 0.15) is 30.0 Å². The van der Waals surface area contributed by atoms with Gasteiger partial charge in [0.1, 0.15) is 34.4 Å². The van der Waals surface area contributed by atoms with E-state index in [1.165, 1.54) is 17.3 Å². The fraction of sp³-hybridized carbons (Fsp3) is 0.385. The van der Waals surface area contributed by atoms with Crippen molar-refractivity contribution in [2.24, 2.45) is 0 Å². The van der Waals surface area contributed by atoms with Gasteiger partial charge in [-0.1, -0.05) is 6.08 Å². The lowest BCUT2D eigenvalue weighted by Crippen LogP contribution is -2.31. The molecule has 7 rings (SSSR count). The topological polar surface area (TPSA) is 102 Å². The molecule has 1 aliphatic carbocycles. The van der Waals surface area contributed by atoms with E-state index in [1.54, 1.807) is 25.6 Å². The van der Waals surface area contributed by atoms with Crippen molar-refractivity contribution in [3.8, 4) is 23.0 Å². The molecule has 3 aliphatic rings. The summed E-state index contributed by atoms with van der Waals surface area (Å²) in [4.78, 5) is 9.52. The van der Waals surface area contributed by atoms with E-state index in [4.69, 9.17) is 33.1 Å². The minimum atomic E-state index is -0.424. The van der Waals surface area contributed by atoms with Gasteiger partial charge in [-0.25, -0.2) is 14.6 Å². The molecular weight excluding hydrogens is 528 g/mol. The molecule has 0 amide bonds. The minimum absolute atomic E-state index is 0.154. The van der Waals surface area contributed by atoms with E-state index in [9.17, 15) is 0 Å². The molecular formula is C26H26N4O6S2. The van der Waals surface area contributed by atoms with Gasteiger partial charge in [0.15, 0.2) is 22.3 Å². The fourth-order valence-electron chi connectivity index (χ4n) is 4.87. The molecule has 5 heterocycles. The van der Waals surface area contributed by atoms with Crippen LogP contribution in [0.5, 0.6) is 11.5 Å². The molecule has 0 saturated carbocycles. The second kappa shape index (κ2) is 9.62. The monoisotopic (exact) mass is 554 g/mol. The van der Waals surface area contributed by atoms with Crippen LogP contribution in [0.25, 0.3) is 28.0 Å². The fourth-order valence-corrected chi connectivity index (χ4v) is 6.57. The number of hydrogen-bond acceptors (Lipinski definition) is 11. The van der Waals surface area contributed by atoms with Crippen LogP contribution in [0.4, 0.5) is 0 Å². The van der Waals surface area contributed by atoms with Gasteiger partial charge in [-0.15, -0.1) is 11.3 Å². The van der Waals surface area contributed by atoms with Crippen molar-refractivity contribution in [2.45, 2.75) is 42.4 Å². The molecule has 1 saturated heterocycles. The lowest BCUT2D eigenvalue weighted by Gasteiger charge is -2.30. The van der Waals surface area contributed by atoms with Crippen LogP contribution >= 0.6 is 23.1 Å². The molecule has 0 radical (unpaired) electrons. The predicted molar refractivity (Wildman–Crippen MR) is 143 cm³/mol. The average Bonchev–Trinajstić information content (AvgIpc) is 3.75. The van der Waals surface area contributed by atoms with E-state index < -0.39 is 5.79 Å². The summed E-state index contributed by atoms with van der Waals surface area (Å²) in [5.41, 5.74) is 6.54. The number of thioether (sulfide) groups is 1. The Labute approximate surface area is 226 Å². The third kappa shape index (κ3) is 4.35. The number of rotatable bonds is 7. The average molecular weight is 555 g/mol. The quantitative estimate of drug-likeness (QED) is 0.327. The number of furan rings is 1. The van der Waals surface area contributed by atoms with Crippen molar-refractivity contribution in [1.29, 1.82) is 0 Å². The van der Waals surface area contributed by atoms with Crippen molar-refractivity contribution in [1.82, 2.24) is 14.6 Å². The number of thiazole rings is 1. The summed E-state index contributed by atoms with van der Waals surface area (Å²) in [6.07, 6.45) is 6.60. The summed E-state index contributed by atoms with van der Waals surface area (Å²) in [6, 6.07) is 5.67. The first kappa shape index (κ1) is 24.0. The molecule has 3 aromatic heterocycles. The summed E-state index contributed by atoms with van der Waals surface area (Å²) in [5.74, 6) is 1.53. The van der Waals surface area contributed by atoms with Gasteiger partial charge in [-0.2, -0.15) is 0 Å². The Balaban J connectivity index is 1.09. The number of aromatic nitrogens is 3. The van der Waals surface area contributed by atoms with Gasteiger partial charge in [0.25, 0.3) is 0 Å². The van der Waals surface area contributed by atoms with Crippen LogP contribution in [0, 0.1) is 0 Å². The summed E-state index contributed by atoms with van der Waals surface area (Å²) in [5, 5.41) is 4.73. The van der Waals surface area contributed by atoms with Gasteiger partial charge in [0, 0.05) is 37.5 Å². The predicted octanol–water partition coefficient (Wildman–Crippen LogP) is 5.23. The molecule has 1 unspecified atom stereocenters. The highest BCUT2D eigenvalue weighted by atomic mass is 32.2. The number of benzene rings is 1. The normalized spacial score (nSPS) is 20.1. The number of imidazole rings is 1. The molecule has 1 atom stereocenters. The van der Waals surface area contributed by atoms with Crippen LogP contribution in [0.15, 0.2) is 45.4 Å². The van der Waals surface area contributed by atoms with Gasteiger partial charge >= 0.3 is 0 Å². The van der Waals surface area contributed by atoms with E-state index in [1.807, 2.05) is 34.5 Å². The lowest BCUT2D eigenvalue weighted by atomic mass is 9.94. The Kier molecular flexibility index (Phi) is 6.08. The molecule has 1 spiro atoms. The zero-order valence-corrected chi connectivity index (χ0v) is 22.5. The van der Waals surface area contributed by atoms with Gasteiger partial charge in [-0.05, 0) is 29.8 Å². The highest BCUT2D eigenvalue weighted by molar-refractivity contribution is 7.99. The molecule has 198 valence electrons. The molecule has 1 fully saturated rings. The first-order chi connectivity index (χ1) is 18.6. The Morgan fingerprint density at radius 2 is 2.08 bits per heavy atom. The van der Waals surface area contributed by atoms with E-state index in [0.717, 1.165) is 46.2 Å². The van der Waals surface area contributed by atoms with Crippen LogP contribution in [0.3, 0.4) is 0 Å². The van der Waals surface area contributed by atoms with Crippen molar-refractivity contribution in [3.63, 3.8) is 0 Å². The molecule has 1 N–H and O–H groups in total. The zero-order valence-electron chi connectivity index (χ0n) is 20.9. The first-order valence-electron chi connectivity index (χ1n) is 12.3. The van der Waals surface area contributed by atoms with Crippen molar-refractivity contribution in [3.05, 3.63) is 46.6 Å². The summed E-state index contributed by atoms with van der Waals surface area (Å²) < 4.78 is 36.7. The number of nitrogens with one attached hydrogen (secondary N) is 1. The Morgan fingerprint density at radius 3 is 2.84 bits per heavy atom. The molecule has 10 nitrogen and oxygen atoms in total. The van der Waals surface area contributed by atoms with E-state index >= 15 is 0 Å². The molecule has 12 heteroatoms. The standard InChI is InChI=1S/C26H26N4O6S2/c1-31-17-9-20(18-11-22(36-21(18)10-17)19-12-30-24(28-19)38-25(29-30)32-2)33-13-16-14-37-23(27-16)15-3-5-26(6-4-15)34-7-8-35-26/h3,9-12,14,25,29H,4-8,13H2,1-2H3. The number of methoxy groups -OCH3 is 2. The lowest BCUT2D eigenvalue weighted by molar-refractivity contribution is -0.159. The number of nitrogens with zero attached hydrogens (tertiary/aromatic N) is 3. The number of ether oxygens (including phenoxy) is 5. The smallest absolute Gasteiger partial charge is 0.196 e. The third-order valence-corrected chi connectivity index (χ3v) is 8.83. The number of allylic oxidation sites excluding steroid dienone is 1. The summed E-state index contributed by atoms with van der Waals surface area (Å²) >= 11 is 3.14. The van der Waals surface area contributed by atoms with Crippen LogP contribution in [-0.2, 0) is 20.8 Å². The van der Waals surface area contributed by atoms with E-state index in [0.29, 0.717) is 42.7 Å². The Morgan fingerprint density at radius 1 is 1.18 bits per heavy atom. The Hall–Kier alpha value is -3.03. The maximum absolute atomic E-state index is 6.25. The number of hydrogen-bond donors (Lipinski definition) is 1. The molecule has 4 aromatic rings. The largest absolute Gasteiger partial charge is 0.496 e. The van der Waals surface area contributed by atoms with E-state index in [-0.39, 0.29) is 5.56 Å². The minimum Gasteiger partial charge on any atom is -0.496 e. The zero-order chi connectivity index (χ0) is 25.7. The summed E-state index contributed by atoms with van der Waals surface area (Å²) in [7, 11) is 3.28. The molecule has 2 aliphatic heterocycles. The second-order valence-electron chi connectivity index (χ2n) is 9.22. The molecule has 0 bridgehead atoms. The Bertz CT molecular complexity index is 1500. The van der Waals surface area contributed by atoms with Gasteiger partial charge < -0.3 is 28.1 Å². The first-order valence-corrected chi connectivity index (χ1v) is 14.1. The van der Waals surface area contributed by atoms with Crippen LogP contribution in [-0.4, -0.2) is 53.4 Å². The van der Waals surface area contributed by atoms with Crippen LogP contribution < -0.4 is 14.9 Å².